The number of aromatic nitrogens is 2. The minimum absolute atomic E-state index is 0. The van der Waals surface area contributed by atoms with E-state index in [0.717, 1.165) is 10.5 Å². The van der Waals surface area contributed by atoms with Crippen LogP contribution in [0.15, 0.2) is 46.7 Å². The fourth-order valence-corrected chi connectivity index (χ4v) is 2.88. The summed E-state index contributed by atoms with van der Waals surface area (Å²) in [7, 11) is 0. The number of hydrogen-bond acceptors (Lipinski definition) is 6. The molecule has 1 aromatic heterocycles. The van der Waals surface area contributed by atoms with Gasteiger partial charge < -0.3 is 16.4 Å². The molecule has 0 spiro atoms. The van der Waals surface area contributed by atoms with E-state index in [1.165, 1.54) is 11.8 Å². The first kappa shape index (κ1) is 22.9. The zero-order chi connectivity index (χ0) is 19.1. The molecule has 0 aliphatic rings. The van der Waals surface area contributed by atoms with Crippen molar-refractivity contribution < 1.29 is 9.59 Å². The molecule has 0 aliphatic carbocycles. The number of rotatable bonds is 7. The Morgan fingerprint density at radius 2 is 1.89 bits per heavy atom. The summed E-state index contributed by atoms with van der Waals surface area (Å²) in [5.41, 5.74) is 7.34. The maximum absolute atomic E-state index is 12.0. The van der Waals surface area contributed by atoms with Gasteiger partial charge in [-0.2, -0.15) is 0 Å². The number of nitrogens with two attached hydrogens (primary N) is 1. The van der Waals surface area contributed by atoms with Gasteiger partial charge in [0.05, 0.1) is 12.6 Å². The Morgan fingerprint density at radius 3 is 2.48 bits per heavy atom. The number of anilines is 1. The number of benzene rings is 1. The van der Waals surface area contributed by atoms with Gasteiger partial charge in [0.2, 0.25) is 11.8 Å². The fourth-order valence-electron chi connectivity index (χ4n) is 2.07. The van der Waals surface area contributed by atoms with Crippen LogP contribution >= 0.6 is 24.2 Å². The molecule has 2 rings (SSSR count). The van der Waals surface area contributed by atoms with Crippen molar-refractivity contribution in [1.82, 2.24) is 15.3 Å². The first-order chi connectivity index (χ1) is 12.4. The van der Waals surface area contributed by atoms with Gasteiger partial charge in [-0.05, 0) is 54.4 Å². The van der Waals surface area contributed by atoms with Crippen LogP contribution in [0.1, 0.15) is 19.4 Å². The number of nitrogens with one attached hydrogen (secondary N) is 2. The Balaban J connectivity index is 0.00000364. The van der Waals surface area contributed by atoms with Crippen molar-refractivity contribution in [3.63, 3.8) is 0 Å². The van der Waals surface area contributed by atoms with E-state index in [4.69, 9.17) is 5.73 Å². The molecule has 9 heteroatoms. The van der Waals surface area contributed by atoms with E-state index in [1.54, 1.807) is 18.5 Å². The lowest BCUT2D eigenvalue weighted by Crippen LogP contribution is -2.46. The van der Waals surface area contributed by atoms with Gasteiger partial charge >= 0.3 is 0 Å². The number of amides is 2. The molecule has 4 N–H and O–H groups in total. The molecular formula is C18H24ClN5O2S. The molecule has 0 aliphatic heterocycles. The van der Waals surface area contributed by atoms with Gasteiger partial charge in [-0.3, -0.25) is 9.59 Å². The van der Waals surface area contributed by atoms with Crippen LogP contribution in [-0.2, 0) is 9.59 Å². The second kappa shape index (κ2) is 10.9. The molecule has 1 atom stereocenters. The van der Waals surface area contributed by atoms with Crippen molar-refractivity contribution >= 4 is 41.7 Å². The van der Waals surface area contributed by atoms with Gasteiger partial charge in [-0.1, -0.05) is 13.8 Å². The van der Waals surface area contributed by atoms with Gasteiger partial charge in [-0.25, -0.2) is 9.97 Å². The van der Waals surface area contributed by atoms with Crippen molar-refractivity contribution in [2.45, 2.75) is 36.9 Å². The van der Waals surface area contributed by atoms with Crippen molar-refractivity contribution in [3.8, 4) is 0 Å². The Morgan fingerprint density at radius 1 is 1.22 bits per heavy atom. The second-order valence-corrected chi connectivity index (χ2v) is 7.19. The average Bonchev–Trinajstić information content (AvgIpc) is 2.62. The summed E-state index contributed by atoms with van der Waals surface area (Å²) >= 11 is 1.44. The molecule has 2 aromatic rings. The second-order valence-electron chi connectivity index (χ2n) is 6.15. The van der Waals surface area contributed by atoms with Gasteiger partial charge in [0.15, 0.2) is 5.16 Å². The Kier molecular flexibility index (Phi) is 9.20. The van der Waals surface area contributed by atoms with E-state index < -0.39 is 6.04 Å². The molecule has 1 aromatic carbocycles. The van der Waals surface area contributed by atoms with Crippen molar-refractivity contribution in [3.05, 3.63) is 42.2 Å². The Hall–Kier alpha value is -2.16. The minimum Gasteiger partial charge on any atom is -0.346 e. The third kappa shape index (κ3) is 7.16. The molecule has 2 amide bonds. The predicted molar refractivity (Wildman–Crippen MR) is 109 cm³/mol. The molecule has 0 saturated carbocycles. The topological polar surface area (TPSA) is 110 Å². The van der Waals surface area contributed by atoms with E-state index in [-0.39, 0.29) is 36.7 Å². The molecule has 0 bridgehead atoms. The number of carbonyl (C=O) groups excluding carboxylic acids is 2. The van der Waals surface area contributed by atoms with Crippen LogP contribution in [-0.4, -0.2) is 34.4 Å². The maximum Gasteiger partial charge on any atom is 0.243 e. The van der Waals surface area contributed by atoms with E-state index >= 15 is 0 Å². The first-order valence-corrected chi connectivity index (χ1v) is 9.07. The number of aryl methyl sites for hydroxylation is 1. The lowest BCUT2D eigenvalue weighted by atomic mass is 10.1. The summed E-state index contributed by atoms with van der Waals surface area (Å²) in [6, 6.07) is 6.79. The zero-order valence-electron chi connectivity index (χ0n) is 15.4. The summed E-state index contributed by atoms with van der Waals surface area (Å²) in [6.07, 6.45) is 3.38. The SMILES string of the molecule is Cc1cc(Sc2ncccn2)ccc1NC(=O)CNC(=O)[C@@H](N)C(C)C.Cl. The van der Waals surface area contributed by atoms with Crippen LogP contribution in [0.25, 0.3) is 0 Å². The molecule has 7 nitrogen and oxygen atoms in total. The van der Waals surface area contributed by atoms with Gasteiger partial charge in [0, 0.05) is 23.0 Å². The van der Waals surface area contributed by atoms with Gasteiger partial charge in [0.1, 0.15) is 0 Å². The third-order valence-corrected chi connectivity index (χ3v) is 4.55. The Labute approximate surface area is 169 Å². The smallest absolute Gasteiger partial charge is 0.243 e. The van der Waals surface area contributed by atoms with Crippen LogP contribution < -0.4 is 16.4 Å². The summed E-state index contributed by atoms with van der Waals surface area (Å²) in [4.78, 5) is 33.2. The number of nitrogens with zero attached hydrogens (tertiary/aromatic N) is 2. The maximum atomic E-state index is 12.0. The van der Waals surface area contributed by atoms with Crippen LogP contribution in [0.5, 0.6) is 0 Å². The monoisotopic (exact) mass is 409 g/mol. The van der Waals surface area contributed by atoms with E-state index in [1.807, 2.05) is 39.0 Å². The molecule has 1 heterocycles. The lowest BCUT2D eigenvalue weighted by Gasteiger charge is -2.15. The molecular weight excluding hydrogens is 386 g/mol. The van der Waals surface area contributed by atoms with Crippen LogP contribution in [0, 0.1) is 12.8 Å². The fraction of sp³-hybridized carbons (Fsp3) is 0.333. The van der Waals surface area contributed by atoms with Crippen molar-refractivity contribution in [1.29, 1.82) is 0 Å². The zero-order valence-corrected chi connectivity index (χ0v) is 17.1. The molecule has 146 valence electrons. The van der Waals surface area contributed by atoms with E-state index in [0.29, 0.717) is 10.8 Å². The predicted octanol–water partition coefficient (Wildman–Crippen LogP) is 2.40. The van der Waals surface area contributed by atoms with Crippen LogP contribution in [0.3, 0.4) is 0 Å². The molecule has 0 saturated heterocycles. The lowest BCUT2D eigenvalue weighted by molar-refractivity contribution is -0.125. The largest absolute Gasteiger partial charge is 0.346 e. The van der Waals surface area contributed by atoms with Crippen molar-refractivity contribution in [2.75, 3.05) is 11.9 Å². The third-order valence-electron chi connectivity index (χ3n) is 3.67. The minimum atomic E-state index is -0.624. The van der Waals surface area contributed by atoms with E-state index in [2.05, 4.69) is 20.6 Å². The average molecular weight is 410 g/mol. The molecule has 0 unspecified atom stereocenters. The highest BCUT2D eigenvalue weighted by molar-refractivity contribution is 7.99. The van der Waals surface area contributed by atoms with Gasteiger partial charge in [0.25, 0.3) is 0 Å². The number of carbonyl (C=O) groups is 2. The summed E-state index contributed by atoms with van der Waals surface area (Å²) in [5, 5.41) is 6.00. The molecule has 0 fully saturated rings. The van der Waals surface area contributed by atoms with Crippen LogP contribution in [0.2, 0.25) is 0 Å². The summed E-state index contributed by atoms with van der Waals surface area (Å²) in [5.74, 6) is -0.621. The van der Waals surface area contributed by atoms with Crippen molar-refractivity contribution in [2.24, 2.45) is 11.7 Å². The Bertz CT molecular complexity index is 774. The molecule has 0 radical (unpaired) electrons. The van der Waals surface area contributed by atoms with Crippen LogP contribution in [0.4, 0.5) is 5.69 Å². The van der Waals surface area contributed by atoms with E-state index in [9.17, 15) is 9.59 Å². The highest BCUT2D eigenvalue weighted by Gasteiger charge is 2.17. The highest BCUT2D eigenvalue weighted by Crippen LogP contribution is 2.27. The van der Waals surface area contributed by atoms with Gasteiger partial charge in [-0.15, -0.1) is 12.4 Å². The quantitative estimate of drug-likeness (QED) is 0.605. The highest BCUT2D eigenvalue weighted by atomic mass is 35.5. The standard InChI is InChI=1S/C18H23N5O2S.ClH/c1-11(2)16(19)17(25)22-10-15(24)23-14-6-5-13(9-12(14)3)26-18-20-7-4-8-21-18;/h4-9,11,16H,10,19H2,1-3H3,(H,22,25)(H,23,24);1H/t16-;/m0./s1. The summed E-state index contributed by atoms with van der Waals surface area (Å²) in [6.45, 7) is 5.49. The molecule has 27 heavy (non-hydrogen) atoms. The number of hydrogen-bond donors (Lipinski definition) is 3. The summed E-state index contributed by atoms with van der Waals surface area (Å²) < 4.78 is 0. The number of halogens is 1. The normalized spacial score (nSPS) is 11.4. The first-order valence-electron chi connectivity index (χ1n) is 8.25.